The third-order valence-electron chi connectivity index (χ3n) is 2.78. The topological polar surface area (TPSA) is 29.5 Å². The fraction of sp³-hybridized carbons (Fsp3) is 0.600. The minimum Gasteiger partial charge on any atom is -0.491 e. The van der Waals surface area contributed by atoms with Crippen LogP contribution < -0.4 is 4.74 Å². The molecule has 0 aromatic heterocycles. The summed E-state index contributed by atoms with van der Waals surface area (Å²) < 4.78 is 5.54. The Morgan fingerprint density at radius 3 is 2.24 bits per heavy atom. The molecule has 0 amide bonds. The molecule has 2 heteroatoms. The second-order valence-corrected chi connectivity index (χ2v) is 5.53. The van der Waals surface area contributed by atoms with Gasteiger partial charge in [-0.2, -0.15) is 0 Å². The highest BCUT2D eigenvalue weighted by Gasteiger charge is 2.13. The third kappa shape index (κ3) is 4.78. The van der Waals surface area contributed by atoms with E-state index in [1.165, 1.54) is 5.56 Å². The van der Waals surface area contributed by atoms with Crippen molar-refractivity contribution in [1.82, 2.24) is 0 Å². The summed E-state index contributed by atoms with van der Waals surface area (Å²) >= 11 is 0. The van der Waals surface area contributed by atoms with E-state index >= 15 is 0 Å². The largest absolute Gasteiger partial charge is 0.491 e. The summed E-state index contributed by atoms with van der Waals surface area (Å²) in [4.78, 5) is 0. The first-order valence-corrected chi connectivity index (χ1v) is 6.35. The van der Waals surface area contributed by atoms with E-state index < -0.39 is 0 Å². The lowest BCUT2D eigenvalue weighted by Crippen LogP contribution is -2.17. The molecule has 0 saturated heterocycles. The van der Waals surface area contributed by atoms with Crippen LogP contribution in [0.4, 0.5) is 0 Å². The monoisotopic (exact) mass is 236 g/mol. The highest BCUT2D eigenvalue weighted by atomic mass is 16.5. The normalized spacial score (nSPS) is 13.5. The molecule has 0 radical (unpaired) electrons. The van der Waals surface area contributed by atoms with E-state index in [4.69, 9.17) is 4.74 Å². The predicted molar refractivity (Wildman–Crippen MR) is 71.6 cm³/mol. The molecule has 0 fully saturated rings. The van der Waals surface area contributed by atoms with Crippen LogP contribution in [0, 0.1) is 0 Å². The zero-order valence-electron chi connectivity index (χ0n) is 11.4. The van der Waals surface area contributed by atoms with Crippen molar-refractivity contribution in [2.75, 3.05) is 6.61 Å². The SMILES string of the molecule is CCCC(O)COc1ccc(C(C)(C)C)cc1. The lowest BCUT2D eigenvalue weighted by Gasteiger charge is -2.19. The maximum absolute atomic E-state index is 9.57. The average Bonchev–Trinajstić information content (AvgIpc) is 2.26. The van der Waals surface area contributed by atoms with Crippen molar-refractivity contribution >= 4 is 0 Å². The van der Waals surface area contributed by atoms with Crippen LogP contribution in [0.1, 0.15) is 46.1 Å². The summed E-state index contributed by atoms with van der Waals surface area (Å²) in [6.45, 7) is 9.00. The number of rotatable bonds is 5. The average molecular weight is 236 g/mol. The van der Waals surface area contributed by atoms with Crippen LogP contribution in [0.5, 0.6) is 5.75 Å². The fourth-order valence-corrected chi connectivity index (χ4v) is 1.66. The van der Waals surface area contributed by atoms with Gasteiger partial charge in [0.15, 0.2) is 0 Å². The maximum atomic E-state index is 9.57. The Balaban J connectivity index is 2.51. The van der Waals surface area contributed by atoms with E-state index in [2.05, 4.69) is 39.8 Å². The molecule has 0 spiro atoms. The van der Waals surface area contributed by atoms with Gasteiger partial charge in [0.1, 0.15) is 12.4 Å². The smallest absolute Gasteiger partial charge is 0.119 e. The van der Waals surface area contributed by atoms with Crippen molar-refractivity contribution in [1.29, 1.82) is 0 Å². The molecule has 1 rings (SSSR count). The highest BCUT2D eigenvalue weighted by Crippen LogP contribution is 2.24. The van der Waals surface area contributed by atoms with Gasteiger partial charge >= 0.3 is 0 Å². The van der Waals surface area contributed by atoms with Crippen molar-refractivity contribution < 1.29 is 9.84 Å². The summed E-state index contributed by atoms with van der Waals surface area (Å²) in [5, 5.41) is 9.57. The van der Waals surface area contributed by atoms with E-state index in [1.807, 2.05) is 12.1 Å². The summed E-state index contributed by atoms with van der Waals surface area (Å²) in [5.74, 6) is 0.827. The number of benzene rings is 1. The molecule has 0 bridgehead atoms. The van der Waals surface area contributed by atoms with Gasteiger partial charge < -0.3 is 9.84 Å². The first-order chi connectivity index (χ1) is 7.93. The molecule has 1 N–H and O–H groups in total. The Labute approximate surface area is 105 Å². The van der Waals surface area contributed by atoms with Crippen LogP contribution in [-0.4, -0.2) is 17.8 Å². The minimum atomic E-state index is -0.359. The summed E-state index contributed by atoms with van der Waals surface area (Å²) in [7, 11) is 0. The molecule has 0 aliphatic heterocycles. The molecular formula is C15H24O2. The van der Waals surface area contributed by atoms with E-state index in [-0.39, 0.29) is 11.5 Å². The van der Waals surface area contributed by atoms with E-state index in [9.17, 15) is 5.11 Å². The van der Waals surface area contributed by atoms with Gasteiger partial charge in [-0.15, -0.1) is 0 Å². The van der Waals surface area contributed by atoms with Crippen molar-refractivity contribution in [3.05, 3.63) is 29.8 Å². The lowest BCUT2D eigenvalue weighted by atomic mass is 9.87. The molecule has 1 atom stereocenters. The molecule has 0 saturated carbocycles. The van der Waals surface area contributed by atoms with Crippen LogP contribution >= 0.6 is 0 Å². The highest BCUT2D eigenvalue weighted by molar-refractivity contribution is 5.31. The third-order valence-corrected chi connectivity index (χ3v) is 2.78. The summed E-state index contributed by atoms with van der Waals surface area (Å²) in [5.41, 5.74) is 1.46. The van der Waals surface area contributed by atoms with Crippen LogP contribution in [0.2, 0.25) is 0 Å². The molecule has 1 aromatic carbocycles. The van der Waals surface area contributed by atoms with Gasteiger partial charge in [-0.25, -0.2) is 0 Å². The number of aliphatic hydroxyl groups is 1. The lowest BCUT2D eigenvalue weighted by molar-refractivity contribution is 0.0993. The molecule has 17 heavy (non-hydrogen) atoms. The first-order valence-electron chi connectivity index (χ1n) is 6.35. The van der Waals surface area contributed by atoms with Crippen molar-refractivity contribution in [3.8, 4) is 5.75 Å². The number of hydrogen-bond donors (Lipinski definition) is 1. The second kappa shape index (κ2) is 6.06. The van der Waals surface area contributed by atoms with Gasteiger partial charge in [-0.3, -0.25) is 0 Å². The Morgan fingerprint density at radius 1 is 1.18 bits per heavy atom. The second-order valence-electron chi connectivity index (χ2n) is 5.53. The zero-order chi connectivity index (χ0) is 12.9. The predicted octanol–water partition coefficient (Wildman–Crippen LogP) is 3.52. The van der Waals surface area contributed by atoms with Crippen molar-refractivity contribution in [2.24, 2.45) is 0 Å². The molecule has 1 aromatic rings. The Kier molecular flexibility index (Phi) is 5.01. The zero-order valence-corrected chi connectivity index (χ0v) is 11.4. The van der Waals surface area contributed by atoms with Gasteiger partial charge in [0.2, 0.25) is 0 Å². The molecular weight excluding hydrogens is 212 g/mol. The van der Waals surface area contributed by atoms with Crippen LogP contribution in [0.3, 0.4) is 0 Å². The van der Waals surface area contributed by atoms with Gasteiger partial charge in [0.25, 0.3) is 0 Å². The van der Waals surface area contributed by atoms with Gasteiger partial charge in [0.05, 0.1) is 6.10 Å². The first kappa shape index (κ1) is 14.0. The number of aliphatic hydroxyl groups excluding tert-OH is 1. The quantitative estimate of drug-likeness (QED) is 0.847. The number of hydrogen-bond acceptors (Lipinski definition) is 2. The van der Waals surface area contributed by atoms with Crippen molar-refractivity contribution in [3.63, 3.8) is 0 Å². The van der Waals surface area contributed by atoms with Crippen LogP contribution in [0.25, 0.3) is 0 Å². The van der Waals surface area contributed by atoms with Crippen LogP contribution in [-0.2, 0) is 5.41 Å². The minimum absolute atomic E-state index is 0.167. The Morgan fingerprint density at radius 2 is 1.76 bits per heavy atom. The summed E-state index contributed by atoms with van der Waals surface area (Å²) in [6, 6.07) is 8.11. The van der Waals surface area contributed by atoms with E-state index in [0.29, 0.717) is 6.61 Å². The maximum Gasteiger partial charge on any atom is 0.119 e. The molecule has 0 heterocycles. The fourth-order valence-electron chi connectivity index (χ4n) is 1.66. The van der Waals surface area contributed by atoms with Gasteiger partial charge in [-0.05, 0) is 29.5 Å². The Hall–Kier alpha value is -1.02. The van der Waals surface area contributed by atoms with E-state index in [1.54, 1.807) is 0 Å². The van der Waals surface area contributed by atoms with Crippen LogP contribution in [0.15, 0.2) is 24.3 Å². The molecule has 0 aliphatic rings. The Bertz CT molecular complexity index is 322. The standard InChI is InChI=1S/C15H24O2/c1-5-6-13(16)11-17-14-9-7-12(8-10-14)15(2,3)4/h7-10,13,16H,5-6,11H2,1-4H3. The van der Waals surface area contributed by atoms with Gasteiger partial charge in [-0.1, -0.05) is 46.2 Å². The van der Waals surface area contributed by atoms with Crippen molar-refractivity contribution in [2.45, 2.75) is 52.1 Å². The molecule has 0 aliphatic carbocycles. The van der Waals surface area contributed by atoms with E-state index in [0.717, 1.165) is 18.6 Å². The van der Waals surface area contributed by atoms with Gasteiger partial charge in [0, 0.05) is 0 Å². The molecule has 1 unspecified atom stereocenters. The number of ether oxygens (including phenoxy) is 1. The summed E-state index contributed by atoms with van der Waals surface area (Å²) in [6.07, 6.45) is 1.41. The molecule has 96 valence electrons. The molecule has 2 nitrogen and oxygen atoms in total.